The van der Waals surface area contributed by atoms with Gasteiger partial charge in [0.15, 0.2) is 0 Å². The van der Waals surface area contributed by atoms with Crippen molar-refractivity contribution in [2.24, 2.45) is 0 Å². The lowest BCUT2D eigenvalue weighted by molar-refractivity contribution is -0.139. The molecule has 0 aromatic heterocycles. The molecule has 2 fully saturated rings. The van der Waals surface area contributed by atoms with Crippen molar-refractivity contribution >= 4 is 98.7 Å². The molecule has 22 heteroatoms. The van der Waals surface area contributed by atoms with Gasteiger partial charge in [0.25, 0.3) is 32.2 Å². The standard InChI is InChI=1S/C7H13Cl2NO3S.C7H14ClNO3S.C6H11BCl2N2O4/c8-10(9)7(6-14(11,12)13)4-2-1-3-5-7;8-9-7(6-13(10,11)12)4-2-1-3-5-7;8-10-3-1-5(12)14-7-15-6(13)2-4-11-9/h1-6H2,(H,11,12,13);9H,1-6H2,(H,10,11,12);7,10-11H,1-4H2. The van der Waals surface area contributed by atoms with E-state index in [4.69, 9.17) is 68.0 Å². The molecule has 0 aromatic rings. The topological polar surface area (TPSA) is 201 Å². The van der Waals surface area contributed by atoms with Crippen molar-refractivity contribution in [2.75, 3.05) is 24.6 Å². The lowest BCUT2D eigenvalue weighted by atomic mass is 9.84. The molecule has 0 amide bonds. The molecule has 0 saturated heterocycles. The number of rotatable bonds is 14. The molecule has 0 aliphatic heterocycles. The van der Waals surface area contributed by atoms with E-state index in [0.29, 0.717) is 38.8 Å². The quantitative estimate of drug-likeness (QED) is 0.0987. The fourth-order valence-corrected chi connectivity index (χ4v) is 7.64. The minimum atomic E-state index is -4.04. The Balaban J connectivity index is 0.000000601. The fraction of sp³-hybridized carbons (Fsp3) is 0.900. The minimum absolute atomic E-state index is 0.115. The zero-order valence-electron chi connectivity index (χ0n) is 22.8. The summed E-state index contributed by atoms with van der Waals surface area (Å²) in [5.74, 6) is -1.67. The number of nitrogens with one attached hydrogen (secondary N) is 3. The molecule has 0 aromatic carbocycles. The van der Waals surface area contributed by atoms with E-state index in [1.807, 2.05) is 0 Å². The minimum Gasteiger partial charge on any atom is -0.502 e. The van der Waals surface area contributed by atoms with Crippen molar-refractivity contribution < 1.29 is 44.8 Å². The first-order valence-electron chi connectivity index (χ1n) is 12.9. The first-order chi connectivity index (χ1) is 19.5. The van der Waals surface area contributed by atoms with Crippen LogP contribution in [-0.4, -0.2) is 85.2 Å². The van der Waals surface area contributed by atoms with Crippen LogP contribution in [0.15, 0.2) is 0 Å². The van der Waals surface area contributed by atoms with E-state index < -0.39 is 49.0 Å². The number of carbonyl (C=O) groups excluding carboxylic acids is 2. The van der Waals surface area contributed by atoms with Gasteiger partial charge in [-0.1, -0.05) is 38.5 Å². The van der Waals surface area contributed by atoms with Crippen LogP contribution in [0.5, 0.6) is 0 Å². The highest BCUT2D eigenvalue weighted by molar-refractivity contribution is 7.86. The second kappa shape index (κ2) is 21.8. The molecule has 2 aliphatic rings. The molecule has 2 saturated carbocycles. The largest absolute Gasteiger partial charge is 0.580 e. The van der Waals surface area contributed by atoms with E-state index in [2.05, 4.69) is 23.8 Å². The lowest BCUT2D eigenvalue weighted by Gasteiger charge is -2.37. The van der Waals surface area contributed by atoms with Gasteiger partial charge in [0, 0.05) is 18.6 Å². The maximum Gasteiger partial charge on any atom is 0.580 e. The third-order valence-electron chi connectivity index (χ3n) is 6.35. The summed E-state index contributed by atoms with van der Waals surface area (Å²) < 4.78 is 70.6. The normalized spacial score (nSPS) is 18.0. The van der Waals surface area contributed by atoms with Crippen LogP contribution in [0, 0.1) is 0 Å². The molecule has 2 aliphatic carbocycles. The van der Waals surface area contributed by atoms with Crippen molar-refractivity contribution in [3.8, 4) is 0 Å². The Morgan fingerprint density at radius 1 is 0.738 bits per heavy atom. The molecule has 248 valence electrons. The molecule has 42 heavy (non-hydrogen) atoms. The summed E-state index contributed by atoms with van der Waals surface area (Å²) in [6.07, 6.45) is 8.66. The lowest BCUT2D eigenvalue weighted by Crippen LogP contribution is -2.47. The molecular formula is C20H38BCl5N4O10S2. The van der Waals surface area contributed by atoms with Gasteiger partial charge in [-0.3, -0.25) is 18.7 Å². The summed E-state index contributed by atoms with van der Waals surface area (Å²) in [6.45, 7) is 0.592. The first-order valence-corrected chi connectivity index (χ1v) is 17.9. The number of halogens is 5. The van der Waals surface area contributed by atoms with Crippen LogP contribution >= 0.6 is 58.9 Å². The van der Waals surface area contributed by atoms with Crippen LogP contribution in [0.4, 0.5) is 0 Å². The predicted molar refractivity (Wildman–Crippen MR) is 163 cm³/mol. The number of hydrogen-bond acceptors (Lipinski definition) is 12. The number of hydrogen-bond donors (Lipinski definition) is 5. The third-order valence-corrected chi connectivity index (χ3v) is 9.67. The zero-order valence-corrected chi connectivity index (χ0v) is 28.2. The number of carbonyl (C=O) groups is 2. The molecule has 0 atom stereocenters. The Hall–Kier alpha value is 0.115. The van der Waals surface area contributed by atoms with Gasteiger partial charge in [-0.05, 0) is 84.6 Å². The molecule has 5 N–H and O–H groups in total. The van der Waals surface area contributed by atoms with Gasteiger partial charge >= 0.3 is 7.69 Å². The third kappa shape index (κ3) is 20.2. The van der Waals surface area contributed by atoms with Gasteiger partial charge in [-0.15, -0.1) is 3.94 Å². The summed E-state index contributed by atoms with van der Waals surface area (Å²) >= 11 is 27.1. The van der Waals surface area contributed by atoms with Crippen molar-refractivity contribution in [3.63, 3.8) is 0 Å². The van der Waals surface area contributed by atoms with Gasteiger partial charge in [0.1, 0.15) is 0 Å². The Bertz CT molecular complexity index is 983. The molecular weight excluding hydrogens is 708 g/mol. The van der Waals surface area contributed by atoms with E-state index in [9.17, 15) is 26.4 Å². The van der Waals surface area contributed by atoms with Crippen molar-refractivity contribution in [1.29, 1.82) is 0 Å². The highest BCUT2D eigenvalue weighted by Gasteiger charge is 2.41. The van der Waals surface area contributed by atoms with Crippen LogP contribution in [-0.2, 0) is 39.1 Å². The summed E-state index contributed by atoms with van der Waals surface area (Å²) in [6, 6.07) is 0. The maximum atomic E-state index is 10.9. The van der Waals surface area contributed by atoms with Gasteiger partial charge in [0.2, 0.25) is 0 Å². The van der Waals surface area contributed by atoms with Crippen LogP contribution in [0.25, 0.3) is 0 Å². The highest BCUT2D eigenvalue weighted by atomic mass is 35.5. The maximum absolute atomic E-state index is 10.9. The average Bonchev–Trinajstić information content (AvgIpc) is 2.90. The number of nitrogens with zero attached hydrogens (tertiary/aromatic N) is 1. The monoisotopic (exact) mass is 744 g/mol. The molecule has 0 heterocycles. The summed E-state index contributed by atoms with van der Waals surface area (Å²) in [5.41, 5.74) is -1.43. The van der Waals surface area contributed by atoms with E-state index in [0.717, 1.165) is 42.5 Å². The van der Waals surface area contributed by atoms with Gasteiger partial charge < -0.3 is 9.31 Å². The van der Waals surface area contributed by atoms with Gasteiger partial charge in [-0.2, -0.15) is 16.8 Å². The van der Waals surface area contributed by atoms with E-state index in [-0.39, 0.29) is 26.3 Å². The summed E-state index contributed by atoms with van der Waals surface area (Å²) in [4.78, 5) is 28.7. The molecule has 0 spiro atoms. The summed E-state index contributed by atoms with van der Waals surface area (Å²) in [5, 5.41) is 0. The molecule has 14 nitrogen and oxygen atoms in total. The Kier molecular flexibility index (Phi) is 21.8. The Morgan fingerprint density at radius 3 is 1.48 bits per heavy atom. The molecule has 0 bridgehead atoms. The smallest absolute Gasteiger partial charge is 0.502 e. The second-order valence-electron chi connectivity index (χ2n) is 9.82. The van der Waals surface area contributed by atoms with E-state index in [1.54, 1.807) is 0 Å². The molecule has 0 radical (unpaired) electrons. The van der Waals surface area contributed by atoms with Gasteiger partial charge in [-0.25, -0.2) is 14.5 Å². The molecule has 0 unspecified atom stereocenters. The van der Waals surface area contributed by atoms with Gasteiger partial charge in [0.05, 0.1) is 29.9 Å². The highest BCUT2D eigenvalue weighted by Crippen LogP contribution is 2.37. The van der Waals surface area contributed by atoms with E-state index in [1.165, 1.54) is 0 Å². The van der Waals surface area contributed by atoms with Crippen LogP contribution in [0.2, 0.25) is 0 Å². The predicted octanol–water partition coefficient (Wildman–Crippen LogP) is 3.11. The van der Waals surface area contributed by atoms with Crippen LogP contribution in [0.1, 0.15) is 77.0 Å². The Labute approximate surface area is 273 Å². The SMILES string of the molecule is O=C(CCNCl)OBOC(=O)CCNCl.O=S(=O)(O)CC1(N(Cl)Cl)CCCCC1.O=S(=O)(O)CC1(NCl)CCCCC1. The van der Waals surface area contributed by atoms with E-state index >= 15 is 0 Å². The van der Waals surface area contributed by atoms with Crippen molar-refractivity contribution in [1.82, 2.24) is 18.4 Å². The Morgan fingerprint density at radius 2 is 1.14 bits per heavy atom. The van der Waals surface area contributed by atoms with Crippen LogP contribution < -0.4 is 14.5 Å². The fourth-order valence-electron chi connectivity index (χ4n) is 4.36. The van der Waals surface area contributed by atoms with Crippen LogP contribution in [0.3, 0.4) is 0 Å². The van der Waals surface area contributed by atoms with Crippen molar-refractivity contribution in [2.45, 2.75) is 88.1 Å². The average molecular weight is 747 g/mol. The summed E-state index contributed by atoms with van der Waals surface area (Å²) in [7, 11) is -8.37. The van der Waals surface area contributed by atoms with Crippen molar-refractivity contribution in [3.05, 3.63) is 0 Å². The zero-order chi connectivity index (χ0) is 32.3. The second-order valence-corrected chi connectivity index (χ2v) is 14.3. The first kappa shape index (κ1) is 42.1. The molecule has 2 rings (SSSR count).